The van der Waals surface area contributed by atoms with Gasteiger partial charge in [0.25, 0.3) is 5.91 Å². The Morgan fingerprint density at radius 1 is 1.16 bits per heavy atom. The van der Waals surface area contributed by atoms with E-state index in [2.05, 4.69) is 10.3 Å². The van der Waals surface area contributed by atoms with Gasteiger partial charge in [0, 0.05) is 18.7 Å². The molecule has 0 radical (unpaired) electrons. The van der Waals surface area contributed by atoms with Gasteiger partial charge in [0.2, 0.25) is 5.91 Å². The lowest BCUT2D eigenvalue weighted by Crippen LogP contribution is -2.40. The van der Waals surface area contributed by atoms with Gasteiger partial charge in [0.15, 0.2) is 11.2 Å². The number of benzene rings is 2. The molecule has 158 valence electrons. The molecule has 2 amide bonds. The molecule has 1 N–H and O–H groups in total. The van der Waals surface area contributed by atoms with Crippen LogP contribution in [0.4, 0.5) is 5.69 Å². The van der Waals surface area contributed by atoms with E-state index in [-0.39, 0.29) is 23.7 Å². The number of nitrogens with zero attached hydrogens (tertiary/aromatic N) is 3. The van der Waals surface area contributed by atoms with E-state index in [0.29, 0.717) is 17.5 Å². The van der Waals surface area contributed by atoms with Crippen LogP contribution in [-0.4, -0.2) is 52.7 Å². The molecule has 0 unspecified atom stereocenters. The average molecular weight is 435 g/mol. The van der Waals surface area contributed by atoms with Gasteiger partial charge < -0.3 is 10.1 Å². The number of amidine groups is 2. The van der Waals surface area contributed by atoms with Gasteiger partial charge in [-0.15, -0.1) is 0 Å². The van der Waals surface area contributed by atoms with Crippen molar-refractivity contribution < 1.29 is 14.3 Å². The molecule has 31 heavy (non-hydrogen) atoms. The summed E-state index contributed by atoms with van der Waals surface area (Å²) in [5.41, 5.74) is 2.41. The van der Waals surface area contributed by atoms with E-state index in [1.54, 1.807) is 4.90 Å². The normalized spacial score (nSPS) is 21.9. The molecule has 2 aromatic rings. The zero-order chi connectivity index (χ0) is 21.2. The van der Waals surface area contributed by atoms with Crippen molar-refractivity contribution in [3.63, 3.8) is 0 Å². The van der Waals surface area contributed by atoms with E-state index in [9.17, 15) is 9.59 Å². The average Bonchev–Trinajstić information content (AvgIpc) is 3.45. The lowest BCUT2D eigenvalue weighted by atomic mass is 10.1. The minimum Gasteiger partial charge on any atom is -0.376 e. The SMILES string of the molecule is O=C(CSC1=Nc2ccccc2C2=N[C@@H](c3ccccc3)C(=O)N12)NC[C@@H]1CCCO1. The molecule has 0 aliphatic carbocycles. The maximum Gasteiger partial charge on any atom is 0.263 e. The van der Waals surface area contributed by atoms with Crippen LogP contribution in [0, 0.1) is 0 Å². The molecule has 1 fully saturated rings. The lowest BCUT2D eigenvalue weighted by molar-refractivity contribution is -0.124. The molecule has 2 atom stereocenters. The summed E-state index contributed by atoms with van der Waals surface area (Å²) < 4.78 is 5.55. The highest BCUT2D eigenvalue weighted by Crippen LogP contribution is 2.37. The number of hydrogen-bond acceptors (Lipinski definition) is 6. The summed E-state index contributed by atoms with van der Waals surface area (Å²) >= 11 is 1.25. The van der Waals surface area contributed by atoms with Gasteiger partial charge in [0.05, 0.1) is 17.5 Å². The van der Waals surface area contributed by atoms with Gasteiger partial charge in [-0.3, -0.25) is 9.59 Å². The molecule has 0 spiro atoms. The molecular weight excluding hydrogens is 412 g/mol. The summed E-state index contributed by atoms with van der Waals surface area (Å²) in [6, 6.07) is 16.5. The molecule has 0 aromatic heterocycles. The zero-order valence-electron chi connectivity index (χ0n) is 16.9. The van der Waals surface area contributed by atoms with Crippen LogP contribution in [0.2, 0.25) is 0 Å². The first-order chi connectivity index (χ1) is 15.2. The van der Waals surface area contributed by atoms with Crippen molar-refractivity contribution >= 4 is 40.3 Å². The van der Waals surface area contributed by atoms with E-state index in [1.165, 1.54) is 11.8 Å². The van der Waals surface area contributed by atoms with Gasteiger partial charge in [-0.05, 0) is 30.5 Å². The maximum absolute atomic E-state index is 13.3. The Bertz CT molecular complexity index is 1060. The van der Waals surface area contributed by atoms with E-state index < -0.39 is 6.04 Å². The molecule has 7 nitrogen and oxygen atoms in total. The number of hydrogen-bond donors (Lipinski definition) is 1. The zero-order valence-corrected chi connectivity index (χ0v) is 17.7. The highest BCUT2D eigenvalue weighted by molar-refractivity contribution is 8.14. The van der Waals surface area contributed by atoms with Crippen LogP contribution in [0.3, 0.4) is 0 Å². The third-order valence-corrected chi connectivity index (χ3v) is 6.41. The minimum atomic E-state index is -0.610. The van der Waals surface area contributed by atoms with Crippen LogP contribution in [0.25, 0.3) is 0 Å². The standard InChI is InChI=1S/C23H22N4O3S/c28-19(24-13-16-9-6-12-30-16)14-31-23-25-18-11-5-4-10-17(18)21-26-20(22(29)27(21)23)15-7-2-1-3-8-15/h1-5,7-8,10-11,16,20H,6,9,12-14H2,(H,24,28)/t16-,20-/m0/s1. The smallest absolute Gasteiger partial charge is 0.263 e. The Morgan fingerprint density at radius 2 is 1.97 bits per heavy atom. The van der Waals surface area contributed by atoms with Crippen LogP contribution in [0.15, 0.2) is 64.6 Å². The van der Waals surface area contributed by atoms with Crippen LogP contribution in [0.5, 0.6) is 0 Å². The quantitative estimate of drug-likeness (QED) is 0.784. The summed E-state index contributed by atoms with van der Waals surface area (Å²) in [6.07, 6.45) is 2.10. The van der Waals surface area contributed by atoms with Gasteiger partial charge in [-0.2, -0.15) is 0 Å². The van der Waals surface area contributed by atoms with Crippen molar-refractivity contribution in [2.45, 2.75) is 25.0 Å². The molecule has 3 aliphatic heterocycles. The van der Waals surface area contributed by atoms with E-state index in [0.717, 1.165) is 36.3 Å². The summed E-state index contributed by atoms with van der Waals surface area (Å²) in [6.45, 7) is 1.27. The highest BCUT2D eigenvalue weighted by atomic mass is 32.2. The number of thioether (sulfide) groups is 1. The first kappa shape index (κ1) is 20.0. The topological polar surface area (TPSA) is 83.4 Å². The fraction of sp³-hybridized carbons (Fsp3) is 0.304. The second-order valence-electron chi connectivity index (χ2n) is 7.58. The third-order valence-electron chi connectivity index (χ3n) is 5.47. The number of rotatable bonds is 5. The fourth-order valence-corrected chi connectivity index (χ4v) is 4.74. The van der Waals surface area contributed by atoms with Crippen LogP contribution in [-0.2, 0) is 14.3 Å². The number of para-hydroxylation sites is 1. The Morgan fingerprint density at radius 3 is 2.77 bits per heavy atom. The monoisotopic (exact) mass is 434 g/mol. The minimum absolute atomic E-state index is 0.0957. The highest BCUT2D eigenvalue weighted by Gasteiger charge is 2.42. The number of aliphatic imine (C=N–C) groups is 2. The lowest BCUT2D eigenvalue weighted by Gasteiger charge is -2.25. The van der Waals surface area contributed by atoms with Crippen molar-refractivity contribution in [1.29, 1.82) is 0 Å². The van der Waals surface area contributed by atoms with Crippen molar-refractivity contribution in [2.75, 3.05) is 18.9 Å². The maximum atomic E-state index is 13.3. The molecule has 0 saturated carbocycles. The number of fused-ring (bicyclic) bond motifs is 3. The van der Waals surface area contributed by atoms with Gasteiger partial charge in [-0.25, -0.2) is 14.9 Å². The van der Waals surface area contributed by atoms with Gasteiger partial charge >= 0.3 is 0 Å². The second-order valence-corrected chi connectivity index (χ2v) is 8.52. The van der Waals surface area contributed by atoms with E-state index in [4.69, 9.17) is 9.73 Å². The summed E-state index contributed by atoms with van der Waals surface area (Å²) in [7, 11) is 0. The summed E-state index contributed by atoms with van der Waals surface area (Å²) in [5.74, 6) is 0.501. The molecule has 2 aromatic carbocycles. The summed E-state index contributed by atoms with van der Waals surface area (Å²) in [5, 5.41) is 3.40. The number of nitrogens with one attached hydrogen (secondary N) is 1. The number of ether oxygens (including phenoxy) is 1. The Hall–Kier alpha value is -2.97. The molecule has 0 bridgehead atoms. The molecule has 1 saturated heterocycles. The van der Waals surface area contributed by atoms with Crippen molar-refractivity contribution in [2.24, 2.45) is 9.98 Å². The summed E-state index contributed by atoms with van der Waals surface area (Å²) in [4.78, 5) is 36.7. The van der Waals surface area contributed by atoms with Crippen molar-refractivity contribution in [3.05, 3.63) is 65.7 Å². The largest absolute Gasteiger partial charge is 0.376 e. The molecule has 5 rings (SSSR count). The molecule has 3 aliphatic rings. The number of carbonyl (C=O) groups is 2. The van der Waals surface area contributed by atoms with Crippen LogP contribution in [0.1, 0.15) is 30.0 Å². The van der Waals surface area contributed by atoms with Crippen molar-refractivity contribution in [1.82, 2.24) is 10.2 Å². The molecule has 3 heterocycles. The van der Waals surface area contributed by atoms with Gasteiger partial charge in [0.1, 0.15) is 5.84 Å². The van der Waals surface area contributed by atoms with E-state index in [1.807, 2.05) is 54.6 Å². The van der Waals surface area contributed by atoms with E-state index >= 15 is 0 Å². The van der Waals surface area contributed by atoms with Crippen LogP contribution < -0.4 is 5.32 Å². The van der Waals surface area contributed by atoms with Gasteiger partial charge in [-0.1, -0.05) is 54.2 Å². The molecular formula is C23H22N4O3S. The number of carbonyl (C=O) groups excluding carboxylic acids is 2. The Kier molecular flexibility index (Phi) is 5.57. The van der Waals surface area contributed by atoms with Crippen molar-refractivity contribution in [3.8, 4) is 0 Å². The fourth-order valence-electron chi connectivity index (χ4n) is 3.91. The predicted molar refractivity (Wildman–Crippen MR) is 121 cm³/mol. The predicted octanol–water partition coefficient (Wildman–Crippen LogP) is 3.05. The Balaban J connectivity index is 1.35. The second kappa shape index (κ2) is 8.64. The molecule has 8 heteroatoms. The first-order valence-corrected chi connectivity index (χ1v) is 11.3. The Labute approximate surface area is 184 Å². The number of amides is 2. The van der Waals surface area contributed by atoms with Crippen LogP contribution >= 0.6 is 11.8 Å². The third kappa shape index (κ3) is 4.00. The first-order valence-electron chi connectivity index (χ1n) is 10.4.